The van der Waals surface area contributed by atoms with Gasteiger partial charge in [0.05, 0.1) is 12.2 Å². The minimum absolute atomic E-state index is 0.0726. The fraction of sp³-hybridized carbons (Fsp3) is 0.333. The number of nitrogens with zero attached hydrogens (tertiary/aromatic N) is 1. The molecule has 5 nitrogen and oxygen atoms in total. The minimum atomic E-state index is -2.15. The molecular formula is C12H13NO4. The van der Waals surface area contributed by atoms with E-state index in [1.165, 1.54) is 19.2 Å². The average molecular weight is 235 g/mol. The van der Waals surface area contributed by atoms with E-state index in [2.05, 4.69) is 0 Å². The summed E-state index contributed by atoms with van der Waals surface area (Å²) in [5.74, 6) is -2.75. The number of nitriles is 1. The fourth-order valence-electron chi connectivity index (χ4n) is 1.38. The molecular weight excluding hydrogens is 222 g/mol. The van der Waals surface area contributed by atoms with Crippen molar-refractivity contribution >= 4 is 5.97 Å². The molecule has 1 N–H and O–H groups in total. The molecule has 0 radical (unpaired) electrons. The molecule has 1 aromatic rings. The van der Waals surface area contributed by atoms with Crippen molar-refractivity contribution < 1.29 is 19.4 Å². The van der Waals surface area contributed by atoms with Crippen LogP contribution in [0.15, 0.2) is 24.3 Å². The number of benzene rings is 1. The topological polar surface area (TPSA) is 79.5 Å². The summed E-state index contributed by atoms with van der Waals surface area (Å²) in [5, 5.41) is 18.8. The summed E-state index contributed by atoms with van der Waals surface area (Å²) in [7, 11) is 1.19. The number of esters is 1. The second-order valence-electron chi connectivity index (χ2n) is 3.23. The van der Waals surface area contributed by atoms with Crippen LogP contribution >= 0.6 is 0 Å². The van der Waals surface area contributed by atoms with Crippen LogP contribution in [-0.2, 0) is 15.3 Å². The summed E-state index contributed by atoms with van der Waals surface area (Å²) in [6.45, 7) is 1.89. The van der Waals surface area contributed by atoms with Crippen molar-refractivity contribution in [3.05, 3.63) is 35.4 Å². The van der Waals surface area contributed by atoms with Gasteiger partial charge in [0.1, 0.15) is 6.07 Å². The predicted octanol–water partition coefficient (Wildman–Crippen LogP) is 1.18. The first-order valence-corrected chi connectivity index (χ1v) is 5.04. The van der Waals surface area contributed by atoms with E-state index in [1.807, 2.05) is 0 Å². The molecule has 0 spiro atoms. The van der Waals surface area contributed by atoms with Crippen molar-refractivity contribution in [3.8, 4) is 6.07 Å². The quantitative estimate of drug-likeness (QED) is 0.481. The lowest BCUT2D eigenvalue weighted by molar-refractivity contribution is -0.147. The number of carbonyl (C=O) groups excluding carboxylic acids is 1. The molecule has 1 unspecified atom stereocenters. The minimum Gasteiger partial charge on any atom is -0.462 e. The van der Waals surface area contributed by atoms with Crippen LogP contribution in [0.4, 0.5) is 0 Å². The van der Waals surface area contributed by atoms with Crippen LogP contribution in [0.25, 0.3) is 0 Å². The number of hydrogen-bond donors (Lipinski definition) is 1. The molecule has 0 heterocycles. The maximum Gasteiger partial charge on any atom is 0.338 e. The van der Waals surface area contributed by atoms with Gasteiger partial charge in [0.25, 0.3) is 5.79 Å². The highest BCUT2D eigenvalue weighted by atomic mass is 16.6. The number of rotatable bonds is 4. The van der Waals surface area contributed by atoms with E-state index in [-0.39, 0.29) is 17.7 Å². The first kappa shape index (κ1) is 13.2. The van der Waals surface area contributed by atoms with Crippen LogP contribution in [0.3, 0.4) is 0 Å². The van der Waals surface area contributed by atoms with Gasteiger partial charge >= 0.3 is 5.97 Å². The Morgan fingerprint density at radius 3 is 2.71 bits per heavy atom. The molecule has 0 saturated heterocycles. The summed E-state index contributed by atoms with van der Waals surface area (Å²) in [6.07, 6.45) is 0. The number of methoxy groups -OCH3 is 1. The van der Waals surface area contributed by atoms with Crippen LogP contribution in [0.1, 0.15) is 22.8 Å². The molecule has 0 aromatic heterocycles. The molecule has 1 aromatic carbocycles. The van der Waals surface area contributed by atoms with Gasteiger partial charge in [-0.25, -0.2) is 4.79 Å². The predicted molar refractivity (Wildman–Crippen MR) is 58.9 cm³/mol. The lowest BCUT2D eigenvalue weighted by Gasteiger charge is -2.20. The van der Waals surface area contributed by atoms with Crippen molar-refractivity contribution in [3.63, 3.8) is 0 Å². The first-order valence-electron chi connectivity index (χ1n) is 5.04. The highest BCUT2D eigenvalue weighted by molar-refractivity contribution is 5.91. The molecule has 17 heavy (non-hydrogen) atoms. The third-order valence-electron chi connectivity index (χ3n) is 2.23. The van der Waals surface area contributed by atoms with Gasteiger partial charge in [-0.3, -0.25) is 0 Å². The summed E-state index contributed by atoms with van der Waals surface area (Å²) in [5.41, 5.74) is 0.184. The molecule has 5 heteroatoms. The second kappa shape index (κ2) is 5.43. The lowest BCUT2D eigenvalue weighted by Crippen LogP contribution is -2.28. The summed E-state index contributed by atoms with van der Waals surface area (Å²) in [6, 6.07) is 7.73. The summed E-state index contributed by atoms with van der Waals surface area (Å²) < 4.78 is 9.57. The van der Waals surface area contributed by atoms with Gasteiger partial charge in [0.2, 0.25) is 0 Å². The van der Waals surface area contributed by atoms with Gasteiger partial charge in [-0.1, -0.05) is 18.2 Å². The molecule has 0 aliphatic rings. The summed E-state index contributed by atoms with van der Waals surface area (Å²) >= 11 is 0. The average Bonchev–Trinajstić information content (AvgIpc) is 2.38. The van der Waals surface area contributed by atoms with Gasteiger partial charge in [-0.2, -0.15) is 5.26 Å². The monoisotopic (exact) mass is 235 g/mol. The third-order valence-corrected chi connectivity index (χ3v) is 2.23. The molecule has 0 fully saturated rings. The van der Waals surface area contributed by atoms with E-state index in [9.17, 15) is 9.90 Å². The Bertz CT molecular complexity index is 452. The number of carbonyl (C=O) groups is 1. The Labute approximate surface area is 99.2 Å². The van der Waals surface area contributed by atoms with E-state index >= 15 is 0 Å². The van der Waals surface area contributed by atoms with Gasteiger partial charge in [-0.05, 0) is 13.0 Å². The van der Waals surface area contributed by atoms with E-state index in [4.69, 9.17) is 14.7 Å². The second-order valence-corrected chi connectivity index (χ2v) is 3.23. The van der Waals surface area contributed by atoms with Gasteiger partial charge in [0.15, 0.2) is 0 Å². The van der Waals surface area contributed by atoms with Crippen LogP contribution in [0.5, 0.6) is 0 Å². The van der Waals surface area contributed by atoms with Crippen molar-refractivity contribution in [2.75, 3.05) is 13.7 Å². The van der Waals surface area contributed by atoms with Crippen LogP contribution in [0.2, 0.25) is 0 Å². The maximum absolute atomic E-state index is 11.6. The largest absolute Gasteiger partial charge is 0.462 e. The van der Waals surface area contributed by atoms with Gasteiger partial charge < -0.3 is 14.6 Å². The smallest absolute Gasteiger partial charge is 0.338 e. The first-order chi connectivity index (χ1) is 8.09. The Morgan fingerprint density at radius 1 is 1.53 bits per heavy atom. The highest BCUT2D eigenvalue weighted by Gasteiger charge is 2.33. The van der Waals surface area contributed by atoms with E-state index in [0.717, 1.165) is 0 Å². The SMILES string of the molecule is CCOC(=O)c1ccccc1C(O)(C#N)OC. The van der Waals surface area contributed by atoms with Crippen molar-refractivity contribution in [2.45, 2.75) is 12.7 Å². The van der Waals surface area contributed by atoms with E-state index in [1.54, 1.807) is 25.1 Å². The molecule has 90 valence electrons. The van der Waals surface area contributed by atoms with Crippen LogP contribution in [0, 0.1) is 11.3 Å². The number of ether oxygens (including phenoxy) is 2. The zero-order valence-corrected chi connectivity index (χ0v) is 9.64. The molecule has 1 atom stereocenters. The number of hydrogen-bond acceptors (Lipinski definition) is 5. The zero-order chi connectivity index (χ0) is 12.9. The normalized spacial score (nSPS) is 13.5. The van der Waals surface area contributed by atoms with Crippen LogP contribution in [-0.4, -0.2) is 24.8 Å². The van der Waals surface area contributed by atoms with Crippen LogP contribution < -0.4 is 0 Å². The molecule has 0 amide bonds. The molecule has 1 rings (SSSR count). The molecule has 0 bridgehead atoms. The third kappa shape index (κ3) is 2.61. The molecule has 0 aliphatic carbocycles. The maximum atomic E-state index is 11.6. The van der Waals surface area contributed by atoms with Crippen molar-refractivity contribution in [1.82, 2.24) is 0 Å². The Hall–Kier alpha value is -1.90. The molecule has 0 saturated carbocycles. The molecule has 0 aliphatic heterocycles. The Kier molecular flexibility index (Phi) is 4.21. The van der Waals surface area contributed by atoms with E-state index < -0.39 is 11.8 Å². The fourth-order valence-corrected chi connectivity index (χ4v) is 1.38. The van der Waals surface area contributed by atoms with Gasteiger partial charge in [-0.15, -0.1) is 0 Å². The lowest BCUT2D eigenvalue weighted by atomic mass is 10.0. The Morgan fingerprint density at radius 2 is 2.18 bits per heavy atom. The van der Waals surface area contributed by atoms with Crippen molar-refractivity contribution in [1.29, 1.82) is 5.26 Å². The Balaban J connectivity index is 3.26. The highest BCUT2D eigenvalue weighted by Crippen LogP contribution is 2.25. The van der Waals surface area contributed by atoms with Gasteiger partial charge in [0, 0.05) is 12.7 Å². The zero-order valence-electron chi connectivity index (χ0n) is 9.64. The van der Waals surface area contributed by atoms with Crippen molar-refractivity contribution in [2.24, 2.45) is 0 Å². The standard InChI is InChI=1S/C12H13NO4/c1-3-17-11(14)9-6-4-5-7-10(9)12(15,8-13)16-2/h4-7,15H,3H2,1-2H3. The number of aliphatic hydroxyl groups is 1. The summed E-state index contributed by atoms with van der Waals surface area (Å²) in [4.78, 5) is 11.6. The van der Waals surface area contributed by atoms with E-state index in [0.29, 0.717) is 0 Å².